The van der Waals surface area contributed by atoms with Gasteiger partial charge in [-0.1, -0.05) is 0 Å². The second-order valence-electron chi connectivity index (χ2n) is 5.81. The highest BCUT2D eigenvalue weighted by Gasteiger charge is 2.42. The molecular formula is C15H17F2NO2. The Labute approximate surface area is 116 Å². The van der Waals surface area contributed by atoms with Crippen LogP contribution in [0.3, 0.4) is 0 Å². The van der Waals surface area contributed by atoms with E-state index in [4.69, 9.17) is 0 Å². The zero-order valence-corrected chi connectivity index (χ0v) is 11.1. The molecule has 1 N–H and O–H groups in total. The number of Topliss-reactive ketones (excluding diaryl/α,β-unsaturated/α-hetero) is 1. The van der Waals surface area contributed by atoms with Crippen LogP contribution in [0.4, 0.5) is 8.78 Å². The smallest absolute Gasteiger partial charge is 0.179 e. The average Bonchev–Trinajstić information content (AvgIpc) is 2.95. The van der Waals surface area contributed by atoms with Gasteiger partial charge >= 0.3 is 0 Å². The molecule has 1 aliphatic heterocycles. The van der Waals surface area contributed by atoms with E-state index in [-0.39, 0.29) is 24.1 Å². The highest BCUT2D eigenvalue weighted by molar-refractivity contribution is 5.97. The van der Waals surface area contributed by atoms with E-state index >= 15 is 0 Å². The molecule has 1 aromatic rings. The molecule has 1 saturated heterocycles. The van der Waals surface area contributed by atoms with Crippen molar-refractivity contribution in [3.63, 3.8) is 0 Å². The summed E-state index contributed by atoms with van der Waals surface area (Å²) in [5.41, 5.74) is -0.192. The van der Waals surface area contributed by atoms with E-state index in [0.717, 1.165) is 37.6 Å². The summed E-state index contributed by atoms with van der Waals surface area (Å²) in [6.45, 7) is 1.50. The number of hydrogen-bond acceptors (Lipinski definition) is 3. The van der Waals surface area contributed by atoms with Gasteiger partial charge in [0, 0.05) is 19.0 Å². The second-order valence-corrected chi connectivity index (χ2v) is 5.81. The Balaban J connectivity index is 1.67. The minimum atomic E-state index is -0.684. The summed E-state index contributed by atoms with van der Waals surface area (Å²) in [6, 6.07) is 2.93. The number of rotatable bonds is 3. The van der Waals surface area contributed by atoms with Crippen LogP contribution in [-0.2, 0) is 0 Å². The third kappa shape index (κ3) is 2.47. The van der Waals surface area contributed by atoms with Crippen molar-refractivity contribution >= 4 is 5.78 Å². The minimum Gasteiger partial charge on any atom is -0.393 e. The normalized spacial score (nSPS) is 29.6. The molecule has 3 unspecified atom stereocenters. The summed E-state index contributed by atoms with van der Waals surface area (Å²) in [5.74, 6) is -1.05. The zero-order valence-electron chi connectivity index (χ0n) is 11.1. The van der Waals surface area contributed by atoms with Crippen LogP contribution in [0.1, 0.15) is 23.2 Å². The number of carbonyl (C=O) groups is 1. The van der Waals surface area contributed by atoms with Crippen molar-refractivity contribution in [1.82, 2.24) is 4.90 Å². The number of aliphatic hydroxyl groups excluding tert-OH is 1. The standard InChI is InChI=1S/C15H17F2NO2/c16-10-2-3-13(17)11(5-10)15(20)8-18-6-9-1-4-14(19)12(9)7-18/h2-3,5,9,12,14,19H,1,4,6-8H2. The van der Waals surface area contributed by atoms with Crippen molar-refractivity contribution in [3.05, 3.63) is 35.4 Å². The van der Waals surface area contributed by atoms with E-state index in [1.54, 1.807) is 0 Å². The molecule has 0 amide bonds. The Kier molecular flexibility index (Phi) is 3.56. The van der Waals surface area contributed by atoms with Crippen molar-refractivity contribution < 1.29 is 18.7 Å². The topological polar surface area (TPSA) is 40.5 Å². The molecule has 0 spiro atoms. The summed E-state index contributed by atoms with van der Waals surface area (Å²) in [5, 5.41) is 9.83. The highest BCUT2D eigenvalue weighted by Crippen LogP contribution is 2.37. The first-order chi connectivity index (χ1) is 9.54. The number of benzene rings is 1. The lowest BCUT2D eigenvalue weighted by atomic mass is 10.00. The predicted octanol–water partition coefficient (Wildman–Crippen LogP) is 1.85. The van der Waals surface area contributed by atoms with Crippen LogP contribution in [0.5, 0.6) is 0 Å². The van der Waals surface area contributed by atoms with Gasteiger partial charge in [-0.05, 0) is 37.0 Å². The molecule has 1 aromatic carbocycles. The number of carbonyl (C=O) groups excluding carboxylic acids is 1. The molecule has 3 rings (SSSR count). The molecule has 0 aromatic heterocycles. The van der Waals surface area contributed by atoms with Crippen LogP contribution >= 0.6 is 0 Å². The van der Waals surface area contributed by atoms with E-state index < -0.39 is 17.4 Å². The summed E-state index contributed by atoms with van der Waals surface area (Å²) in [4.78, 5) is 14.0. The molecule has 0 radical (unpaired) electrons. The minimum absolute atomic E-state index is 0.0834. The second kappa shape index (κ2) is 5.22. The molecule has 3 nitrogen and oxygen atoms in total. The maximum absolute atomic E-state index is 13.5. The monoisotopic (exact) mass is 281 g/mol. The third-order valence-electron chi connectivity index (χ3n) is 4.49. The van der Waals surface area contributed by atoms with Gasteiger partial charge in [0.05, 0.1) is 18.2 Å². The average molecular weight is 281 g/mol. The largest absolute Gasteiger partial charge is 0.393 e. The van der Waals surface area contributed by atoms with Crippen molar-refractivity contribution in [2.24, 2.45) is 11.8 Å². The van der Waals surface area contributed by atoms with Gasteiger partial charge in [0.1, 0.15) is 11.6 Å². The third-order valence-corrected chi connectivity index (χ3v) is 4.49. The fourth-order valence-electron chi connectivity index (χ4n) is 3.46. The van der Waals surface area contributed by atoms with Gasteiger partial charge in [-0.2, -0.15) is 0 Å². The van der Waals surface area contributed by atoms with Gasteiger partial charge in [-0.15, -0.1) is 0 Å². The van der Waals surface area contributed by atoms with E-state index in [1.807, 2.05) is 4.90 Å². The first kappa shape index (κ1) is 13.6. The number of aliphatic hydroxyl groups is 1. The van der Waals surface area contributed by atoms with Gasteiger partial charge in [-0.25, -0.2) is 8.78 Å². The van der Waals surface area contributed by atoms with E-state index in [9.17, 15) is 18.7 Å². The van der Waals surface area contributed by atoms with Crippen molar-refractivity contribution in [3.8, 4) is 0 Å². The summed E-state index contributed by atoms with van der Waals surface area (Å²) in [7, 11) is 0. The number of fused-ring (bicyclic) bond motifs is 1. The van der Waals surface area contributed by atoms with Gasteiger partial charge in [0.25, 0.3) is 0 Å². The zero-order chi connectivity index (χ0) is 14.3. The molecule has 108 valence electrons. The SMILES string of the molecule is O=C(CN1CC2CCC(O)C2C1)c1cc(F)ccc1F. The number of ketones is 1. The fourth-order valence-corrected chi connectivity index (χ4v) is 3.46. The Hall–Kier alpha value is -1.33. The molecule has 1 heterocycles. The predicted molar refractivity (Wildman–Crippen MR) is 69.3 cm³/mol. The Morgan fingerprint density at radius 1 is 1.30 bits per heavy atom. The fraction of sp³-hybridized carbons (Fsp3) is 0.533. The van der Waals surface area contributed by atoms with Crippen molar-refractivity contribution in [1.29, 1.82) is 0 Å². The van der Waals surface area contributed by atoms with Crippen LogP contribution in [0.2, 0.25) is 0 Å². The lowest BCUT2D eigenvalue weighted by molar-refractivity contribution is 0.0915. The van der Waals surface area contributed by atoms with Gasteiger partial charge < -0.3 is 5.11 Å². The number of hydrogen-bond donors (Lipinski definition) is 1. The van der Waals surface area contributed by atoms with Gasteiger partial charge in [-0.3, -0.25) is 9.69 Å². The van der Waals surface area contributed by atoms with E-state index in [1.165, 1.54) is 0 Å². The summed E-state index contributed by atoms with van der Waals surface area (Å²) in [6.07, 6.45) is 1.52. The number of likely N-dealkylation sites (tertiary alicyclic amines) is 1. The van der Waals surface area contributed by atoms with Crippen molar-refractivity contribution in [2.75, 3.05) is 19.6 Å². The quantitative estimate of drug-likeness (QED) is 0.860. The maximum Gasteiger partial charge on any atom is 0.179 e. The van der Waals surface area contributed by atoms with E-state index in [2.05, 4.69) is 0 Å². The molecule has 1 saturated carbocycles. The lowest BCUT2D eigenvalue weighted by Crippen LogP contribution is -2.30. The number of halogens is 2. The van der Waals surface area contributed by atoms with Crippen LogP contribution in [0.15, 0.2) is 18.2 Å². The molecule has 1 aliphatic carbocycles. The summed E-state index contributed by atoms with van der Waals surface area (Å²) < 4.78 is 26.6. The molecule has 20 heavy (non-hydrogen) atoms. The van der Waals surface area contributed by atoms with Crippen LogP contribution in [0.25, 0.3) is 0 Å². The maximum atomic E-state index is 13.5. The Morgan fingerprint density at radius 3 is 2.85 bits per heavy atom. The van der Waals surface area contributed by atoms with Crippen molar-refractivity contribution in [2.45, 2.75) is 18.9 Å². The van der Waals surface area contributed by atoms with Gasteiger partial charge in [0.2, 0.25) is 0 Å². The first-order valence-electron chi connectivity index (χ1n) is 6.93. The van der Waals surface area contributed by atoms with Crippen LogP contribution in [-0.4, -0.2) is 41.5 Å². The molecule has 2 aliphatic rings. The highest BCUT2D eigenvalue weighted by atomic mass is 19.1. The van der Waals surface area contributed by atoms with E-state index in [0.29, 0.717) is 12.5 Å². The molecule has 5 heteroatoms. The summed E-state index contributed by atoms with van der Waals surface area (Å²) >= 11 is 0. The van der Waals surface area contributed by atoms with Gasteiger partial charge in [0.15, 0.2) is 5.78 Å². The number of nitrogens with zero attached hydrogens (tertiary/aromatic N) is 1. The Bertz CT molecular complexity index is 535. The Morgan fingerprint density at radius 2 is 2.10 bits per heavy atom. The molecule has 2 fully saturated rings. The lowest BCUT2D eigenvalue weighted by Gasteiger charge is -2.17. The molecule has 0 bridgehead atoms. The van der Waals surface area contributed by atoms with Crippen LogP contribution in [0, 0.1) is 23.5 Å². The van der Waals surface area contributed by atoms with Crippen LogP contribution < -0.4 is 0 Å². The molecular weight excluding hydrogens is 264 g/mol. The first-order valence-corrected chi connectivity index (χ1v) is 6.93. The molecule has 3 atom stereocenters.